The van der Waals surface area contributed by atoms with E-state index < -0.39 is 0 Å². The minimum absolute atomic E-state index is 0.0535. The van der Waals surface area contributed by atoms with E-state index in [1.807, 2.05) is 17.5 Å². The predicted octanol–water partition coefficient (Wildman–Crippen LogP) is 0.788. The largest absolute Gasteiger partial charge is 0.381 e. The Hall–Kier alpha value is -0.380. The van der Waals surface area contributed by atoms with Crippen LogP contribution >= 0.6 is 11.3 Å². The topological polar surface area (TPSA) is 32.3 Å². The molecular formula is C6H9NOS. The molecule has 0 saturated carbocycles. The van der Waals surface area contributed by atoms with Crippen LogP contribution in [-0.4, -0.2) is 11.8 Å². The van der Waals surface area contributed by atoms with Crippen LogP contribution in [0.15, 0.2) is 17.5 Å². The highest BCUT2D eigenvalue weighted by atomic mass is 32.1. The van der Waals surface area contributed by atoms with E-state index in [-0.39, 0.29) is 6.73 Å². The van der Waals surface area contributed by atoms with Gasteiger partial charge in [0.25, 0.3) is 0 Å². The molecule has 9 heavy (non-hydrogen) atoms. The van der Waals surface area contributed by atoms with Crippen molar-refractivity contribution < 1.29 is 5.11 Å². The molecule has 0 aliphatic carbocycles. The Bertz CT molecular complexity index is 150. The highest BCUT2D eigenvalue weighted by Gasteiger charge is 1.88. The van der Waals surface area contributed by atoms with Crippen molar-refractivity contribution in [1.82, 2.24) is 5.32 Å². The Balaban J connectivity index is 2.30. The van der Waals surface area contributed by atoms with Gasteiger partial charge in [0, 0.05) is 11.4 Å². The summed E-state index contributed by atoms with van der Waals surface area (Å²) in [6, 6.07) is 4.03. The lowest BCUT2D eigenvalue weighted by atomic mass is 10.5. The molecule has 0 spiro atoms. The van der Waals surface area contributed by atoms with Gasteiger partial charge in [-0.25, -0.2) is 0 Å². The number of aliphatic hydroxyl groups excluding tert-OH is 1. The molecule has 0 amide bonds. The van der Waals surface area contributed by atoms with Crippen molar-refractivity contribution in [1.29, 1.82) is 0 Å². The van der Waals surface area contributed by atoms with E-state index >= 15 is 0 Å². The maximum absolute atomic E-state index is 8.36. The normalized spacial score (nSPS) is 9.89. The second-order valence-electron chi connectivity index (χ2n) is 1.66. The van der Waals surface area contributed by atoms with Gasteiger partial charge in [-0.15, -0.1) is 11.3 Å². The Morgan fingerprint density at radius 1 is 1.67 bits per heavy atom. The van der Waals surface area contributed by atoms with Gasteiger partial charge in [-0.3, -0.25) is 5.32 Å². The first-order chi connectivity index (χ1) is 4.43. The average Bonchev–Trinajstić information content (AvgIpc) is 2.34. The van der Waals surface area contributed by atoms with Gasteiger partial charge in [0.1, 0.15) is 0 Å². The van der Waals surface area contributed by atoms with Gasteiger partial charge >= 0.3 is 0 Å². The van der Waals surface area contributed by atoms with E-state index in [9.17, 15) is 0 Å². The fourth-order valence-corrected chi connectivity index (χ4v) is 1.27. The van der Waals surface area contributed by atoms with Crippen LogP contribution < -0.4 is 5.32 Å². The van der Waals surface area contributed by atoms with E-state index in [0.717, 1.165) is 6.54 Å². The third kappa shape index (κ3) is 2.13. The first kappa shape index (κ1) is 6.74. The lowest BCUT2D eigenvalue weighted by Crippen LogP contribution is -2.12. The molecule has 0 radical (unpaired) electrons. The van der Waals surface area contributed by atoms with Gasteiger partial charge in [-0.05, 0) is 11.4 Å². The van der Waals surface area contributed by atoms with Gasteiger partial charge < -0.3 is 5.11 Å². The first-order valence-corrected chi connectivity index (χ1v) is 3.65. The van der Waals surface area contributed by atoms with E-state index in [0.29, 0.717) is 0 Å². The molecule has 2 nitrogen and oxygen atoms in total. The number of rotatable bonds is 3. The van der Waals surface area contributed by atoms with E-state index in [2.05, 4.69) is 5.32 Å². The van der Waals surface area contributed by atoms with Crippen molar-refractivity contribution in [3.63, 3.8) is 0 Å². The molecule has 0 aromatic carbocycles. The highest BCUT2D eigenvalue weighted by molar-refractivity contribution is 7.09. The summed E-state index contributed by atoms with van der Waals surface area (Å²) < 4.78 is 0. The van der Waals surface area contributed by atoms with Gasteiger partial charge in [0.2, 0.25) is 0 Å². The van der Waals surface area contributed by atoms with Crippen molar-refractivity contribution in [2.24, 2.45) is 0 Å². The van der Waals surface area contributed by atoms with Crippen LogP contribution in [0.4, 0.5) is 0 Å². The molecule has 0 aliphatic rings. The van der Waals surface area contributed by atoms with Gasteiger partial charge in [-0.2, -0.15) is 0 Å². The highest BCUT2D eigenvalue weighted by Crippen LogP contribution is 2.06. The molecule has 2 N–H and O–H groups in total. The van der Waals surface area contributed by atoms with Gasteiger partial charge in [0.05, 0.1) is 6.73 Å². The van der Waals surface area contributed by atoms with Crippen molar-refractivity contribution in [3.05, 3.63) is 22.4 Å². The minimum Gasteiger partial charge on any atom is -0.381 e. The maximum atomic E-state index is 8.36. The summed E-state index contributed by atoms with van der Waals surface area (Å²) in [5.74, 6) is 0. The zero-order chi connectivity index (χ0) is 6.53. The lowest BCUT2D eigenvalue weighted by molar-refractivity contribution is 0.260. The molecule has 0 fully saturated rings. The quantitative estimate of drug-likeness (QED) is 0.613. The molecular weight excluding hydrogens is 134 g/mol. The number of hydrogen-bond donors (Lipinski definition) is 2. The van der Waals surface area contributed by atoms with Crippen molar-refractivity contribution in [2.45, 2.75) is 6.54 Å². The second-order valence-corrected chi connectivity index (χ2v) is 2.70. The van der Waals surface area contributed by atoms with Crippen LogP contribution in [0.5, 0.6) is 0 Å². The molecule has 1 aromatic rings. The predicted molar refractivity (Wildman–Crippen MR) is 38.2 cm³/mol. The van der Waals surface area contributed by atoms with Crippen LogP contribution in [0, 0.1) is 0 Å². The minimum atomic E-state index is 0.0535. The van der Waals surface area contributed by atoms with E-state index in [1.54, 1.807) is 11.3 Å². The monoisotopic (exact) mass is 143 g/mol. The summed E-state index contributed by atoms with van der Waals surface area (Å²) in [7, 11) is 0. The molecule has 0 saturated heterocycles. The fourth-order valence-electron chi connectivity index (χ4n) is 0.592. The van der Waals surface area contributed by atoms with E-state index in [1.165, 1.54) is 4.88 Å². The number of hydrogen-bond acceptors (Lipinski definition) is 3. The van der Waals surface area contributed by atoms with Crippen LogP contribution in [0.25, 0.3) is 0 Å². The van der Waals surface area contributed by atoms with Crippen molar-refractivity contribution >= 4 is 11.3 Å². The van der Waals surface area contributed by atoms with Crippen molar-refractivity contribution in [3.8, 4) is 0 Å². The second kappa shape index (κ2) is 3.61. The van der Waals surface area contributed by atoms with Gasteiger partial charge in [0.15, 0.2) is 0 Å². The van der Waals surface area contributed by atoms with Crippen LogP contribution in [0.3, 0.4) is 0 Å². The molecule has 1 aromatic heterocycles. The Kier molecular flexibility index (Phi) is 2.70. The SMILES string of the molecule is OCNCc1cccs1. The summed E-state index contributed by atoms with van der Waals surface area (Å²) in [5, 5.41) is 13.2. The maximum Gasteiger partial charge on any atom is 0.0934 e. The number of nitrogens with one attached hydrogen (secondary N) is 1. The molecule has 0 bridgehead atoms. The summed E-state index contributed by atoms with van der Waals surface area (Å²) in [6.45, 7) is 0.825. The van der Waals surface area contributed by atoms with Crippen LogP contribution in [0.1, 0.15) is 4.88 Å². The van der Waals surface area contributed by atoms with Crippen LogP contribution in [-0.2, 0) is 6.54 Å². The molecule has 1 rings (SSSR count). The van der Waals surface area contributed by atoms with Crippen LogP contribution in [0.2, 0.25) is 0 Å². The molecule has 0 atom stereocenters. The molecule has 50 valence electrons. The zero-order valence-electron chi connectivity index (χ0n) is 5.00. The third-order valence-electron chi connectivity index (χ3n) is 0.991. The Morgan fingerprint density at radius 2 is 2.56 bits per heavy atom. The average molecular weight is 143 g/mol. The molecule has 0 aliphatic heterocycles. The molecule has 3 heteroatoms. The number of aliphatic hydroxyl groups is 1. The zero-order valence-corrected chi connectivity index (χ0v) is 5.82. The fraction of sp³-hybridized carbons (Fsp3) is 0.333. The molecule has 1 heterocycles. The third-order valence-corrected chi connectivity index (χ3v) is 1.87. The standard InChI is InChI=1S/C6H9NOS/c8-5-7-4-6-2-1-3-9-6/h1-3,7-8H,4-5H2. The number of thiophene rings is 1. The van der Waals surface area contributed by atoms with Gasteiger partial charge in [-0.1, -0.05) is 6.07 Å². The smallest absolute Gasteiger partial charge is 0.0934 e. The Labute approximate surface area is 58.1 Å². The van der Waals surface area contributed by atoms with E-state index in [4.69, 9.17) is 5.11 Å². The summed E-state index contributed by atoms with van der Waals surface area (Å²) >= 11 is 1.69. The Morgan fingerprint density at radius 3 is 3.11 bits per heavy atom. The lowest BCUT2D eigenvalue weighted by Gasteiger charge is -1.94. The van der Waals surface area contributed by atoms with Crippen molar-refractivity contribution in [2.75, 3.05) is 6.73 Å². The first-order valence-electron chi connectivity index (χ1n) is 2.77. The summed E-state index contributed by atoms with van der Waals surface area (Å²) in [5.41, 5.74) is 0. The summed E-state index contributed by atoms with van der Waals surface area (Å²) in [4.78, 5) is 1.25. The summed E-state index contributed by atoms with van der Waals surface area (Å²) in [6.07, 6.45) is 0. The molecule has 0 unspecified atom stereocenters.